The van der Waals surface area contributed by atoms with Gasteiger partial charge in [-0.3, -0.25) is 14.9 Å². The van der Waals surface area contributed by atoms with Crippen molar-refractivity contribution in [1.29, 1.82) is 0 Å². The van der Waals surface area contributed by atoms with Gasteiger partial charge in [0.05, 0.1) is 12.1 Å². The second kappa shape index (κ2) is 10.4. The Hall–Kier alpha value is -2.45. The smallest absolute Gasteiger partial charge is 0.247 e. The number of nitrogens with one attached hydrogen (secondary N) is 3. The molecular formula is C25H32ClN5O3. The first-order chi connectivity index (χ1) is 16.5. The number of rotatable bonds is 6. The molecule has 34 heavy (non-hydrogen) atoms. The number of hydrogen-bond acceptors (Lipinski definition) is 6. The molecule has 5 rings (SSSR count). The van der Waals surface area contributed by atoms with Crippen LogP contribution in [0.3, 0.4) is 0 Å². The van der Waals surface area contributed by atoms with E-state index in [0.717, 1.165) is 50.5 Å². The molecule has 182 valence electrons. The molecule has 1 saturated heterocycles. The van der Waals surface area contributed by atoms with Crippen molar-refractivity contribution in [2.75, 3.05) is 0 Å². The van der Waals surface area contributed by atoms with E-state index in [2.05, 4.69) is 26.1 Å². The second-order valence-corrected chi connectivity index (χ2v) is 10.3. The molecule has 0 spiro atoms. The molecule has 1 aromatic heterocycles. The first-order valence-electron chi connectivity index (χ1n) is 12.5. The van der Waals surface area contributed by atoms with Crippen molar-refractivity contribution in [1.82, 2.24) is 26.1 Å². The molecule has 8 nitrogen and oxygen atoms in total. The van der Waals surface area contributed by atoms with Crippen LogP contribution in [0.1, 0.15) is 76.0 Å². The highest BCUT2D eigenvalue weighted by Crippen LogP contribution is 2.34. The van der Waals surface area contributed by atoms with E-state index in [4.69, 9.17) is 16.0 Å². The van der Waals surface area contributed by atoms with Gasteiger partial charge >= 0.3 is 0 Å². The van der Waals surface area contributed by atoms with Crippen molar-refractivity contribution in [2.45, 2.75) is 88.4 Å². The highest BCUT2D eigenvalue weighted by Gasteiger charge is 2.37. The van der Waals surface area contributed by atoms with Crippen LogP contribution in [0.25, 0.3) is 11.5 Å². The van der Waals surface area contributed by atoms with E-state index in [1.807, 2.05) is 24.3 Å². The molecule has 3 fully saturated rings. The Morgan fingerprint density at radius 2 is 1.94 bits per heavy atom. The Kier molecular flexibility index (Phi) is 7.15. The van der Waals surface area contributed by atoms with Crippen LogP contribution in [0.4, 0.5) is 0 Å². The van der Waals surface area contributed by atoms with Gasteiger partial charge in [0.15, 0.2) is 0 Å². The average molecular weight is 486 g/mol. The van der Waals surface area contributed by atoms with Crippen molar-refractivity contribution in [3.8, 4) is 11.5 Å². The van der Waals surface area contributed by atoms with Crippen LogP contribution in [0.5, 0.6) is 0 Å². The van der Waals surface area contributed by atoms with Crippen LogP contribution in [0, 0.1) is 5.92 Å². The summed E-state index contributed by atoms with van der Waals surface area (Å²) in [6, 6.07) is 7.81. The molecule has 3 aliphatic rings. The van der Waals surface area contributed by atoms with E-state index in [0.29, 0.717) is 29.6 Å². The fourth-order valence-corrected chi connectivity index (χ4v) is 5.77. The minimum Gasteiger partial charge on any atom is -0.420 e. The number of hydrogen-bond donors (Lipinski definition) is 3. The highest BCUT2D eigenvalue weighted by atomic mass is 35.5. The molecule has 2 heterocycles. The van der Waals surface area contributed by atoms with Crippen molar-refractivity contribution < 1.29 is 14.0 Å². The van der Waals surface area contributed by atoms with Gasteiger partial charge in [0.2, 0.25) is 23.6 Å². The molecule has 3 unspecified atom stereocenters. The standard InChI is InChI=1S/C25H32ClN5O3/c26-17-5-3-4-16(14-17)25-31-30-24(34-25)15-8-10-18(11-9-15)27-22(32)13-12-21-28-20-7-2-1-6-19(20)23(33)29-21/h3-5,14-15,18-21,28H,1-2,6-13H2,(H,27,32)(H,29,33). The van der Waals surface area contributed by atoms with Crippen LogP contribution in [0.2, 0.25) is 5.02 Å². The number of nitrogens with zero attached hydrogens (tertiary/aromatic N) is 2. The Labute approximate surface area is 204 Å². The summed E-state index contributed by atoms with van der Waals surface area (Å²) >= 11 is 6.06. The third-order valence-electron chi connectivity index (χ3n) is 7.45. The number of carbonyl (C=O) groups excluding carboxylic acids is 2. The molecule has 3 N–H and O–H groups in total. The third kappa shape index (κ3) is 5.44. The van der Waals surface area contributed by atoms with Gasteiger partial charge in [-0.2, -0.15) is 0 Å². The molecule has 2 aliphatic carbocycles. The average Bonchev–Trinajstić information content (AvgIpc) is 3.34. The number of benzene rings is 1. The normalized spacial score (nSPS) is 29.2. The summed E-state index contributed by atoms with van der Waals surface area (Å²) in [5, 5.41) is 18.9. The zero-order valence-corrected chi connectivity index (χ0v) is 20.0. The Bertz CT molecular complexity index is 1020. The summed E-state index contributed by atoms with van der Waals surface area (Å²) in [4.78, 5) is 24.9. The van der Waals surface area contributed by atoms with Gasteiger partial charge in [0, 0.05) is 35.0 Å². The Balaban J connectivity index is 1.05. The van der Waals surface area contributed by atoms with Crippen molar-refractivity contribution in [3.05, 3.63) is 35.2 Å². The first-order valence-corrected chi connectivity index (χ1v) is 12.9. The van der Waals surface area contributed by atoms with E-state index < -0.39 is 0 Å². The minimum absolute atomic E-state index is 0.0475. The zero-order chi connectivity index (χ0) is 23.5. The molecule has 9 heteroatoms. The predicted molar refractivity (Wildman–Crippen MR) is 128 cm³/mol. The molecule has 2 amide bonds. The lowest BCUT2D eigenvalue weighted by Gasteiger charge is -2.40. The SMILES string of the molecule is O=C(CCC1NC(=O)C2CCCCC2N1)NC1CCC(c2nnc(-c3cccc(Cl)c3)o2)CC1. The number of amides is 2. The minimum atomic E-state index is -0.112. The van der Waals surface area contributed by atoms with E-state index in [9.17, 15) is 9.59 Å². The monoisotopic (exact) mass is 485 g/mol. The van der Waals surface area contributed by atoms with Crippen molar-refractivity contribution in [3.63, 3.8) is 0 Å². The lowest BCUT2D eigenvalue weighted by molar-refractivity contribution is -0.131. The molecule has 3 atom stereocenters. The van der Waals surface area contributed by atoms with Crippen LogP contribution in [-0.4, -0.2) is 40.3 Å². The maximum absolute atomic E-state index is 12.6. The molecule has 0 bridgehead atoms. The highest BCUT2D eigenvalue weighted by molar-refractivity contribution is 6.30. The topological polar surface area (TPSA) is 109 Å². The van der Waals surface area contributed by atoms with Gasteiger partial charge < -0.3 is 15.1 Å². The number of halogens is 1. The predicted octanol–water partition coefficient (Wildman–Crippen LogP) is 3.92. The fourth-order valence-electron chi connectivity index (χ4n) is 5.58. The summed E-state index contributed by atoms with van der Waals surface area (Å²) in [7, 11) is 0. The molecule has 2 saturated carbocycles. The van der Waals surface area contributed by atoms with Crippen molar-refractivity contribution >= 4 is 23.4 Å². The van der Waals surface area contributed by atoms with Crippen LogP contribution >= 0.6 is 11.6 Å². The summed E-state index contributed by atoms with van der Waals surface area (Å²) in [5.41, 5.74) is 0.815. The Morgan fingerprint density at radius 1 is 1.12 bits per heavy atom. The first kappa shape index (κ1) is 23.3. The Morgan fingerprint density at radius 3 is 2.76 bits per heavy atom. The van der Waals surface area contributed by atoms with E-state index in [1.54, 1.807) is 0 Å². The van der Waals surface area contributed by atoms with E-state index in [1.165, 1.54) is 6.42 Å². The summed E-state index contributed by atoms with van der Waals surface area (Å²) in [6.07, 6.45) is 8.77. The molecule has 1 aliphatic heterocycles. The van der Waals surface area contributed by atoms with Gasteiger partial charge in [-0.1, -0.05) is 30.5 Å². The largest absolute Gasteiger partial charge is 0.420 e. The molecular weight excluding hydrogens is 454 g/mol. The zero-order valence-electron chi connectivity index (χ0n) is 19.3. The van der Waals surface area contributed by atoms with E-state index in [-0.39, 0.29) is 41.9 Å². The van der Waals surface area contributed by atoms with Gasteiger partial charge in [0.1, 0.15) is 0 Å². The third-order valence-corrected chi connectivity index (χ3v) is 7.68. The van der Waals surface area contributed by atoms with E-state index >= 15 is 0 Å². The van der Waals surface area contributed by atoms with Crippen LogP contribution in [-0.2, 0) is 9.59 Å². The van der Waals surface area contributed by atoms with Crippen LogP contribution in [0.15, 0.2) is 28.7 Å². The summed E-state index contributed by atoms with van der Waals surface area (Å²) in [5.74, 6) is 1.63. The number of aromatic nitrogens is 2. The lowest BCUT2D eigenvalue weighted by atomic mass is 9.82. The van der Waals surface area contributed by atoms with Crippen molar-refractivity contribution in [2.24, 2.45) is 5.92 Å². The van der Waals surface area contributed by atoms with Gasteiger partial charge in [-0.05, 0) is 63.1 Å². The number of fused-ring (bicyclic) bond motifs is 1. The maximum Gasteiger partial charge on any atom is 0.247 e. The van der Waals surface area contributed by atoms with Gasteiger partial charge in [-0.25, -0.2) is 0 Å². The van der Waals surface area contributed by atoms with Gasteiger partial charge in [0.25, 0.3) is 0 Å². The lowest BCUT2D eigenvalue weighted by Crippen LogP contribution is -2.62. The molecule has 2 aromatic rings. The summed E-state index contributed by atoms with van der Waals surface area (Å²) in [6.45, 7) is 0. The maximum atomic E-state index is 12.6. The molecule has 0 radical (unpaired) electrons. The van der Waals surface area contributed by atoms with Gasteiger partial charge in [-0.15, -0.1) is 10.2 Å². The second-order valence-electron chi connectivity index (χ2n) is 9.84. The summed E-state index contributed by atoms with van der Waals surface area (Å²) < 4.78 is 5.92. The number of carbonyl (C=O) groups is 2. The quantitative estimate of drug-likeness (QED) is 0.572. The van der Waals surface area contributed by atoms with Crippen LogP contribution < -0.4 is 16.0 Å². The fraction of sp³-hybridized carbons (Fsp3) is 0.600. The molecule has 1 aromatic carbocycles.